The van der Waals surface area contributed by atoms with Crippen LogP contribution in [0.1, 0.15) is 49.9 Å². The molecule has 3 heterocycles. The van der Waals surface area contributed by atoms with Crippen molar-refractivity contribution in [1.82, 2.24) is 4.98 Å². The molecule has 2 aliphatic rings. The van der Waals surface area contributed by atoms with Gasteiger partial charge in [-0.25, -0.2) is 4.98 Å². The molecule has 1 N–H and O–H groups in total. The summed E-state index contributed by atoms with van der Waals surface area (Å²) in [5, 5.41) is 12.5. The fourth-order valence-corrected chi connectivity index (χ4v) is 6.71. The number of thiazole rings is 1. The predicted molar refractivity (Wildman–Crippen MR) is 168 cm³/mol. The van der Waals surface area contributed by atoms with Gasteiger partial charge in [0, 0.05) is 17.0 Å². The van der Waals surface area contributed by atoms with Gasteiger partial charge in [-0.1, -0.05) is 42.9 Å². The van der Waals surface area contributed by atoms with E-state index < -0.39 is 17.7 Å². The number of hydrogen-bond acceptors (Lipinski definition) is 8. The zero-order valence-corrected chi connectivity index (χ0v) is 25.8. The smallest absolute Gasteiger partial charge is 0.301 e. The highest BCUT2D eigenvalue weighted by Crippen LogP contribution is 2.46. The number of aromatic nitrogens is 1. The Balaban J connectivity index is 1.49. The first-order valence-corrected chi connectivity index (χ1v) is 15.3. The van der Waals surface area contributed by atoms with Gasteiger partial charge >= 0.3 is 5.91 Å². The molecule has 1 aromatic heterocycles. The number of carbonyl (C=O) groups excluding carboxylic acids is 2. The lowest BCUT2D eigenvalue weighted by atomic mass is 9.94. The number of aliphatic hydroxyl groups is 1. The maximum atomic E-state index is 13.7. The predicted octanol–water partition coefficient (Wildman–Crippen LogP) is 7.33. The molecule has 10 heteroatoms. The number of rotatable bonds is 8. The van der Waals surface area contributed by atoms with Crippen LogP contribution in [-0.2, 0) is 16.0 Å². The fourth-order valence-electron chi connectivity index (χ4n) is 5.44. The van der Waals surface area contributed by atoms with Gasteiger partial charge in [-0.05, 0) is 78.9 Å². The van der Waals surface area contributed by atoms with Crippen molar-refractivity contribution in [2.24, 2.45) is 5.92 Å². The summed E-state index contributed by atoms with van der Waals surface area (Å²) in [5.74, 6) is 0.355. The third-order valence-corrected chi connectivity index (χ3v) is 8.87. The first-order chi connectivity index (χ1) is 20.6. The van der Waals surface area contributed by atoms with Crippen LogP contribution in [-0.4, -0.2) is 41.6 Å². The Labute approximate surface area is 258 Å². The average Bonchev–Trinajstić information content (AvgIpc) is 3.64. The van der Waals surface area contributed by atoms with Gasteiger partial charge in [0.05, 0.1) is 35.5 Å². The summed E-state index contributed by atoms with van der Waals surface area (Å²) in [7, 11) is 1.54. The molecule has 0 spiro atoms. The summed E-state index contributed by atoms with van der Waals surface area (Å²) in [5.41, 5.74) is 2.52. The standard InChI is InChI=1S/C33H31ClN2O6S/c1-17(2)11-12-41-25-10-5-19(15-26(25)40-4)29-28(30(37)20-6-9-24-21(14-20)13-18(3)42-24)31(38)32(39)36(29)33-35-23-8-7-22(34)16-27(23)43-33/h5-10,14-18,29,37H,11-13H2,1-4H3/b30-28-. The van der Waals surface area contributed by atoms with E-state index in [2.05, 4.69) is 18.8 Å². The second-order valence-corrected chi connectivity index (χ2v) is 12.6. The Morgan fingerprint density at radius 3 is 2.72 bits per heavy atom. The number of benzene rings is 3. The van der Waals surface area contributed by atoms with E-state index in [0.717, 1.165) is 22.4 Å². The van der Waals surface area contributed by atoms with Crippen molar-refractivity contribution in [1.29, 1.82) is 0 Å². The van der Waals surface area contributed by atoms with Crippen molar-refractivity contribution >= 4 is 55.7 Å². The molecule has 0 bridgehead atoms. The van der Waals surface area contributed by atoms with Crippen LogP contribution in [0.4, 0.5) is 5.13 Å². The quantitative estimate of drug-likeness (QED) is 0.125. The normalized spacial score (nSPS) is 19.3. The number of carbonyl (C=O) groups is 2. The molecule has 1 saturated heterocycles. The number of ketones is 1. The van der Waals surface area contributed by atoms with Crippen molar-refractivity contribution in [3.05, 3.63) is 81.9 Å². The molecule has 3 aromatic carbocycles. The number of halogens is 1. The molecule has 4 aromatic rings. The minimum Gasteiger partial charge on any atom is -0.507 e. The van der Waals surface area contributed by atoms with E-state index in [1.54, 1.807) is 48.5 Å². The van der Waals surface area contributed by atoms with Gasteiger partial charge in [-0.2, -0.15) is 0 Å². The van der Waals surface area contributed by atoms with E-state index in [-0.39, 0.29) is 17.4 Å². The van der Waals surface area contributed by atoms with Crippen LogP contribution >= 0.6 is 22.9 Å². The van der Waals surface area contributed by atoms with E-state index >= 15 is 0 Å². The maximum absolute atomic E-state index is 13.7. The first kappa shape index (κ1) is 29.0. The minimum absolute atomic E-state index is 0.0132. The molecule has 1 amide bonds. The third-order valence-electron chi connectivity index (χ3n) is 7.62. The monoisotopic (exact) mass is 618 g/mol. The van der Waals surface area contributed by atoms with Crippen LogP contribution in [0.15, 0.2) is 60.2 Å². The summed E-state index contributed by atoms with van der Waals surface area (Å²) in [6.07, 6.45) is 1.56. The third kappa shape index (κ3) is 5.43. The molecule has 1 fully saturated rings. The fraction of sp³-hybridized carbons (Fsp3) is 0.303. The number of methoxy groups -OCH3 is 1. The SMILES string of the molecule is COc1cc(C2/C(=C(/O)c3ccc4c(c3)CC(C)O4)C(=O)C(=O)N2c2nc3ccc(Cl)cc3s2)ccc1OCCC(C)C. The number of aliphatic hydroxyl groups excluding tert-OH is 1. The van der Waals surface area contributed by atoms with Gasteiger partial charge in [0.15, 0.2) is 16.6 Å². The zero-order chi connectivity index (χ0) is 30.4. The second-order valence-electron chi connectivity index (χ2n) is 11.2. The van der Waals surface area contributed by atoms with Crippen molar-refractivity contribution in [2.75, 3.05) is 18.6 Å². The van der Waals surface area contributed by atoms with Gasteiger partial charge in [0.25, 0.3) is 5.78 Å². The number of hydrogen-bond donors (Lipinski definition) is 1. The first-order valence-electron chi connectivity index (χ1n) is 14.1. The summed E-state index contributed by atoms with van der Waals surface area (Å²) < 4.78 is 18.2. The highest BCUT2D eigenvalue weighted by molar-refractivity contribution is 7.22. The number of nitrogens with zero attached hydrogens (tertiary/aromatic N) is 2. The second kappa shape index (κ2) is 11.5. The molecule has 0 radical (unpaired) electrons. The molecule has 43 heavy (non-hydrogen) atoms. The summed E-state index contributed by atoms with van der Waals surface area (Å²) in [4.78, 5) is 33.5. The lowest BCUT2D eigenvalue weighted by molar-refractivity contribution is -0.132. The molecule has 2 atom stereocenters. The van der Waals surface area contributed by atoms with E-state index in [4.69, 9.17) is 25.8 Å². The molecule has 6 rings (SSSR count). The van der Waals surface area contributed by atoms with E-state index in [9.17, 15) is 14.7 Å². The molecule has 2 unspecified atom stereocenters. The Kier molecular flexibility index (Phi) is 7.79. The molecule has 222 valence electrons. The van der Waals surface area contributed by atoms with Gasteiger partial charge in [0.2, 0.25) is 0 Å². The average molecular weight is 619 g/mol. The highest BCUT2D eigenvalue weighted by Gasteiger charge is 2.48. The van der Waals surface area contributed by atoms with Crippen LogP contribution in [0.3, 0.4) is 0 Å². The number of fused-ring (bicyclic) bond motifs is 2. The van der Waals surface area contributed by atoms with E-state index in [0.29, 0.717) is 57.2 Å². The number of ether oxygens (including phenoxy) is 3. The van der Waals surface area contributed by atoms with Crippen LogP contribution < -0.4 is 19.1 Å². The van der Waals surface area contributed by atoms with Crippen molar-refractivity contribution in [2.45, 2.75) is 45.8 Å². The van der Waals surface area contributed by atoms with Gasteiger partial charge in [-0.3, -0.25) is 14.5 Å². The molecule has 0 aliphatic carbocycles. The van der Waals surface area contributed by atoms with Gasteiger partial charge in [0.1, 0.15) is 17.6 Å². The van der Waals surface area contributed by atoms with Crippen molar-refractivity contribution in [3.63, 3.8) is 0 Å². The summed E-state index contributed by atoms with van der Waals surface area (Å²) in [6, 6.07) is 14.9. The molecule has 2 aliphatic heterocycles. The molecular weight excluding hydrogens is 588 g/mol. The van der Waals surface area contributed by atoms with E-state index in [1.807, 2.05) is 13.0 Å². The summed E-state index contributed by atoms with van der Waals surface area (Å²) in [6.45, 7) is 6.73. The van der Waals surface area contributed by atoms with Crippen LogP contribution in [0.25, 0.3) is 16.0 Å². The van der Waals surface area contributed by atoms with E-state index in [1.165, 1.54) is 23.3 Å². The summed E-state index contributed by atoms with van der Waals surface area (Å²) >= 11 is 7.46. The van der Waals surface area contributed by atoms with Crippen LogP contribution in [0, 0.1) is 5.92 Å². The Morgan fingerprint density at radius 2 is 1.95 bits per heavy atom. The number of amides is 1. The Hall–Kier alpha value is -4.08. The zero-order valence-electron chi connectivity index (χ0n) is 24.2. The van der Waals surface area contributed by atoms with Gasteiger partial charge < -0.3 is 19.3 Å². The number of Topliss-reactive ketones (excluding diaryl/α,β-unsaturated/α-hetero) is 1. The Bertz CT molecular complexity index is 1780. The van der Waals surface area contributed by atoms with Gasteiger partial charge in [-0.15, -0.1) is 0 Å². The van der Waals surface area contributed by atoms with Crippen LogP contribution in [0.2, 0.25) is 5.02 Å². The van der Waals surface area contributed by atoms with Crippen molar-refractivity contribution < 1.29 is 28.9 Å². The Morgan fingerprint density at radius 1 is 1.14 bits per heavy atom. The molecule has 8 nitrogen and oxygen atoms in total. The maximum Gasteiger partial charge on any atom is 0.301 e. The molecule has 0 saturated carbocycles. The van der Waals surface area contributed by atoms with Crippen molar-refractivity contribution in [3.8, 4) is 17.2 Å². The lowest BCUT2D eigenvalue weighted by Crippen LogP contribution is -2.29. The minimum atomic E-state index is -0.974. The van der Waals surface area contributed by atoms with Crippen LogP contribution in [0.5, 0.6) is 17.2 Å². The topological polar surface area (TPSA) is 98.2 Å². The largest absolute Gasteiger partial charge is 0.507 e. The molecular formula is C33H31ClN2O6S. The highest BCUT2D eigenvalue weighted by atomic mass is 35.5. The lowest BCUT2D eigenvalue weighted by Gasteiger charge is -2.24. The number of anilines is 1.